The molecular weight excluding hydrogens is 205 g/mol. The molecule has 3 nitrogen and oxygen atoms in total. The molecule has 0 saturated heterocycles. The van der Waals surface area contributed by atoms with Crippen molar-refractivity contribution in [3.8, 4) is 0 Å². The van der Waals surface area contributed by atoms with Crippen LogP contribution in [0.4, 0.5) is 4.39 Å². The van der Waals surface area contributed by atoms with Crippen LogP contribution in [0.25, 0.3) is 11.0 Å². The van der Waals surface area contributed by atoms with E-state index in [-0.39, 0.29) is 5.82 Å². The number of nitrogens with one attached hydrogen (secondary N) is 1. The van der Waals surface area contributed by atoms with E-state index in [1.54, 1.807) is 6.07 Å². The van der Waals surface area contributed by atoms with Gasteiger partial charge in [0.2, 0.25) is 0 Å². The number of rotatable bonds is 4. The molecule has 0 amide bonds. The number of aromatic nitrogens is 2. The van der Waals surface area contributed by atoms with E-state index in [0.29, 0.717) is 0 Å². The minimum atomic E-state index is -0.280. The first kappa shape index (κ1) is 11.1. The topological polar surface area (TPSA) is 31.9 Å². The Hall–Kier alpha value is -1.42. The third kappa shape index (κ3) is 2.22. The van der Waals surface area contributed by atoms with Crippen molar-refractivity contribution in [3.63, 3.8) is 0 Å². The molecule has 2 rings (SSSR count). The van der Waals surface area contributed by atoms with Crippen LogP contribution in [0.2, 0.25) is 0 Å². The molecule has 0 aliphatic rings. The summed E-state index contributed by atoms with van der Waals surface area (Å²) in [5, 5.41) is 0.893. The summed E-state index contributed by atoms with van der Waals surface area (Å²) in [5.74, 6) is -0.280. The first-order valence-corrected chi connectivity index (χ1v) is 5.50. The number of halogens is 1. The molecular formula is C12H16FN3. The largest absolute Gasteiger partial charge is 0.346 e. The van der Waals surface area contributed by atoms with Crippen molar-refractivity contribution >= 4 is 11.0 Å². The Morgan fingerprint density at radius 1 is 1.50 bits per heavy atom. The Bertz CT molecular complexity index is 478. The average Bonchev–Trinajstić information content (AvgIpc) is 2.68. The molecule has 0 radical (unpaired) electrons. The Kier molecular flexibility index (Phi) is 3.19. The maximum absolute atomic E-state index is 13.1. The van der Waals surface area contributed by atoms with Crippen molar-refractivity contribution in [1.29, 1.82) is 0 Å². The zero-order chi connectivity index (χ0) is 11.5. The number of aromatic amines is 1. The van der Waals surface area contributed by atoms with E-state index in [2.05, 4.69) is 28.8 Å². The molecule has 2 heterocycles. The maximum Gasteiger partial charge on any atom is 0.142 e. The van der Waals surface area contributed by atoms with Gasteiger partial charge in [-0.15, -0.1) is 0 Å². The van der Waals surface area contributed by atoms with E-state index in [9.17, 15) is 4.39 Å². The molecule has 0 unspecified atom stereocenters. The fourth-order valence-electron chi connectivity index (χ4n) is 1.71. The molecule has 0 fully saturated rings. The lowest BCUT2D eigenvalue weighted by atomic mass is 10.1. The third-order valence-electron chi connectivity index (χ3n) is 2.89. The lowest BCUT2D eigenvalue weighted by Crippen LogP contribution is -2.20. The Labute approximate surface area is 94.3 Å². The summed E-state index contributed by atoms with van der Waals surface area (Å²) in [5.41, 5.74) is 1.89. The summed E-state index contributed by atoms with van der Waals surface area (Å²) in [6, 6.07) is 1.54. The first-order valence-electron chi connectivity index (χ1n) is 5.50. The summed E-state index contributed by atoms with van der Waals surface area (Å²) in [7, 11) is 2.08. The van der Waals surface area contributed by atoms with Crippen molar-refractivity contribution in [1.82, 2.24) is 14.9 Å². The van der Waals surface area contributed by atoms with E-state index in [1.807, 2.05) is 6.20 Å². The van der Waals surface area contributed by atoms with Gasteiger partial charge in [-0.3, -0.25) is 0 Å². The van der Waals surface area contributed by atoms with E-state index >= 15 is 0 Å². The highest BCUT2D eigenvalue weighted by molar-refractivity contribution is 5.79. The molecule has 0 aromatic carbocycles. The van der Waals surface area contributed by atoms with Gasteiger partial charge in [-0.1, -0.05) is 6.92 Å². The van der Waals surface area contributed by atoms with Crippen molar-refractivity contribution in [2.24, 2.45) is 0 Å². The van der Waals surface area contributed by atoms with Gasteiger partial charge in [0.05, 0.1) is 6.20 Å². The molecule has 0 spiro atoms. The van der Waals surface area contributed by atoms with E-state index < -0.39 is 0 Å². The smallest absolute Gasteiger partial charge is 0.142 e. The van der Waals surface area contributed by atoms with Crippen molar-refractivity contribution < 1.29 is 4.39 Å². The molecule has 16 heavy (non-hydrogen) atoms. The maximum atomic E-state index is 13.1. The Morgan fingerprint density at radius 2 is 2.31 bits per heavy atom. The molecule has 1 N–H and O–H groups in total. The number of H-pyrrole nitrogens is 1. The number of hydrogen-bond donors (Lipinski definition) is 1. The van der Waals surface area contributed by atoms with Crippen LogP contribution in [0.1, 0.15) is 12.5 Å². The lowest BCUT2D eigenvalue weighted by molar-refractivity contribution is 0.358. The van der Waals surface area contributed by atoms with Gasteiger partial charge in [0.15, 0.2) is 0 Å². The molecule has 2 aromatic rings. The van der Waals surface area contributed by atoms with Crippen LogP contribution >= 0.6 is 0 Å². The zero-order valence-corrected chi connectivity index (χ0v) is 9.63. The molecule has 0 aliphatic heterocycles. The summed E-state index contributed by atoms with van der Waals surface area (Å²) in [4.78, 5) is 9.29. The van der Waals surface area contributed by atoms with Crippen molar-refractivity contribution in [2.75, 3.05) is 20.1 Å². The predicted octanol–water partition coefficient (Wildman–Crippen LogP) is 2.20. The highest BCUT2D eigenvalue weighted by atomic mass is 19.1. The molecule has 86 valence electrons. The second-order valence-corrected chi connectivity index (χ2v) is 4.01. The Morgan fingerprint density at radius 3 is 3.06 bits per heavy atom. The van der Waals surface area contributed by atoms with Crippen LogP contribution < -0.4 is 0 Å². The first-order chi connectivity index (χ1) is 7.70. The minimum Gasteiger partial charge on any atom is -0.346 e. The standard InChI is InChI=1S/C12H16FN3/c1-3-16(2)5-4-9-7-14-12-11(9)6-10(13)8-15-12/h6-8H,3-5H2,1-2H3,(H,14,15). The number of fused-ring (bicyclic) bond motifs is 1. The lowest BCUT2D eigenvalue weighted by Gasteiger charge is -2.12. The Balaban J connectivity index is 2.21. The van der Waals surface area contributed by atoms with Gasteiger partial charge in [-0.05, 0) is 31.6 Å². The van der Waals surface area contributed by atoms with Crippen LogP contribution in [0.3, 0.4) is 0 Å². The summed E-state index contributed by atoms with van der Waals surface area (Å²) in [6.07, 6.45) is 4.07. The van der Waals surface area contributed by atoms with Crippen LogP contribution in [-0.4, -0.2) is 35.0 Å². The SMILES string of the molecule is CCN(C)CCc1c[nH]c2ncc(F)cc12. The van der Waals surface area contributed by atoms with Gasteiger partial charge in [-0.2, -0.15) is 0 Å². The van der Waals surface area contributed by atoms with Gasteiger partial charge in [0, 0.05) is 18.1 Å². The summed E-state index contributed by atoms with van der Waals surface area (Å²) >= 11 is 0. The van der Waals surface area contributed by atoms with E-state index in [0.717, 1.165) is 36.1 Å². The van der Waals surface area contributed by atoms with Gasteiger partial charge in [-0.25, -0.2) is 9.37 Å². The van der Waals surface area contributed by atoms with Crippen LogP contribution in [0.15, 0.2) is 18.5 Å². The van der Waals surface area contributed by atoms with Crippen molar-refractivity contribution in [3.05, 3.63) is 29.8 Å². The van der Waals surface area contributed by atoms with Crippen molar-refractivity contribution in [2.45, 2.75) is 13.3 Å². The third-order valence-corrected chi connectivity index (χ3v) is 2.89. The van der Waals surface area contributed by atoms with Gasteiger partial charge >= 0.3 is 0 Å². The molecule has 0 bridgehead atoms. The zero-order valence-electron chi connectivity index (χ0n) is 9.63. The number of pyridine rings is 1. The van der Waals surface area contributed by atoms with Crippen LogP contribution in [-0.2, 0) is 6.42 Å². The van der Waals surface area contributed by atoms with Crippen LogP contribution in [0, 0.1) is 5.82 Å². The van der Waals surface area contributed by atoms with Gasteiger partial charge in [0.25, 0.3) is 0 Å². The number of likely N-dealkylation sites (N-methyl/N-ethyl adjacent to an activating group) is 1. The second kappa shape index (κ2) is 4.61. The summed E-state index contributed by atoms with van der Waals surface area (Å²) < 4.78 is 13.1. The fourth-order valence-corrected chi connectivity index (χ4v) is 1.71. The molecule has 0 atom stereocenters. The monoisotopic (exact) mass is 221 g/mol. The quantitative estimate of drug-likeness (QED) is 0.858. The minimum absolute atomic E-state index is 0.280. The molecule has 4 heteroatoms. The van der Waals surface area contributed by atoms with Crippen LogP contribution in [0.5, 0.6) is 0 Å². The highest BCUT2D eigenvalue weighted by Gasteiger charge is 2.06. The second-order valence-electron chi connectivity index (χ2n) is 4.01. The normalized spacial score (nSPS) is 11.5. The average molecular weight is 221 g/mol. The number of hydrogen-bond acceptors (Lipinski definition) is 2. The molecule has 0 saturated carbocycles. The molecule has 0 aliphatic carbocycles. The van der Waals surface area contributed by atoms with E-state index in [1.165, 1.54) is 6.20 Å². The van der Waals surface area contributed by atoms with E-state index in [4.69, 9.17) is 0 Å². The number of nitrogens with zero attached hydrogens (tertiary/aromatic N) is 2. The predicted molar refractivity (Wildman–Crippen MR) is 62.9 cm³/mol. The van der Waals surface area contributed by atoms with Gasteiger partial charge < -0.3 is 9.88 Å². The highest BCUT2D eigenvalue weighted by Crippen LogP contribution is 2.17. The van der Waals surface area contributed by atoms with Gasteiger partial charge in [0.1, 0.15) is 11.5 Å². The summed E-state index contributed by atoms with van der Waals surface area (Å²) in [6.45, 7) is 4.12. The fraction of sp³-hybridized carbons (Fsp3) is 0.417. The molecule has 2 aromatic heterocycles.